The van der Waals surface area contributed by atoms with E-state index in [1.807, 2.05) is 34.6 Å². The number of rotatable bonds is 1. The molecule has 23 heavy (non-hydrogen) atoms. The fourth-order valence-electron chi connectivity index (χ4n) is 2.89. The van der Waals surface area contributed by atoms with Gasteiger partial charge in [-0.15, -0.1) is 0 Å². The van der Waals surface area contributed by atoms with Crippen molar-refractivity contribution in [3.8, 4) is 0 Å². The minimum Gasteiger partial charge on any atom is -0.444 e. The van der Waals surface area contributed by atoms with Crippen LogP contribution in [-0.4, -0.2) is 41.8 Å². The third-order valence-corrected chi connectivity index (χ3v) is 4.10. The molecule has 1 amide bonds. The Morgan fingerprint density at radius 1 is 1.26 bits per heavy atom. The van der Waals surface area contributed by atoms with E-state index in [0.29, 0.717) is 13.1 Å². The minimum atomic E-state index is -0.521. The van der Waals surface area contributed by atoms with E-state index >= 15 is 0 Å². The number of anilines is 1. The highest BCUT2D eigenvalue weighted by Gasteiger charge is 2.35. The van der Waals surface area contributed by atoms with Crippen LogP contribution in [0.2, 0.25) is 5.02 Å². The van der Waals surface area contributed by atoms with Crippen LogP contribution in [-0.2, 0) is 4.74 Å². The summed E-state index contributed by atoms with van der Waals surface area (Å²) >= 11 is 5.74. The van der Waals surface area contributed by atoms with Gasteiger partial charge in [0.15, 0.2) is 0 Å². The van der Waals surface area contributed by atoms with Gasteiger partial charge in [-0.2, -0.15) is 0 Å². The highest BCUT2D eigenvalue weighted by atomic mass is 35.5. The predicted octanol–water partition coefficient (Wildman–Crippen LogP) is 4.31. The summed E-state index contributed by atoms with van der Waals surface area (Å²) in [6.07, 6.45) is -0.306. The number of ether oxygens (including phenoxy) is 1. The van der Waals surface area contributed by atoms with Crippen LogP contribution in [0.15, 0.2) is 18.2 Å². The molecule has 6 heteroatoms. The lowest BCUT2D eigenvalue weighted by Crippen LogP contribution is -2.59. The second kappa shape index (κ2) is 6.56. The van der Waals surface area contributed by atoms with Crippen molar-refractivity contribution in [1.29, 1.82) is 0 Å². The van der Waals surface area contributed by atoms with Gasteiger partial charge >= 0.3 is 6.09 Å². The van der Waals surface area contributed by atoms with E-state index in [2.05, 4.69) is 4.90 Å². The van der Waals surface area contributed by atoms with Gasteiger partial charge in [0.05, 0.1) is 17.1 Å². The van der Waals surface area contributed by atoms with E-state index in [9.17, 15) is 9.18 Å². The number of benzene rings is 1. The average molecular weight is 343 g/mol. The van der Waals surface area contributed by atoms with Crippen molar-refractivity contribution in [3.63, 3.8) is 0 Å². The number of carbonyl (C=O) groups excluding carboxylic acids is 1. The van der Waals surface area contributed by atoms with Gasteiger partial charge in [-0.25, -0.2) is 9.18 Å². The molecule has 0 bridgehead atoms. The van der Waals surface area contributed by atoms with Crippen molar-refractivity contribution < 1.29 is 13.9 Å². The smallest absolute Gasteiger partial charge is 0.410 e. The van der Waals surface area contributed by atoms with E-state index in [-0.39, 0.29) is 23.2 Å². The monoisotopic (exact) mass is 342 g/mol. The molecule has 4 nitrogen and oxygen atoms in total. The molecule has 1 heterocycles. The summed E-state index contributed by atoms with van der Waals surface area (Å²) in [6, 6.07) is 4.72. The highest BCUT2D eigenvalue weighted by molar-refractivity contribution is 6.30. The molecule has 1 saturated heterocycles. The van der Waals surface area contributed by atoms with Crippen molar-refractivity contribution in [2.45, 2.75) is 52.3 Å². The lowest BCUT2D eigenvalue weighted by molar-refractivity contribution is 0.00566. The zero-order chi connectivity index (χ0) is 17.4. The molecular weight excluding hydrogens is 319 g/mol. The summed E-state index contributed by atoms with van der Waals surface area (Å²) < 4.78 is 19.2. The first-order valence-electron chi connectivity index (χ1n) is 7.80. The molecule has 2 rings (SSSR count). The summed E-state index contributed by atoms with van der Waals surface area (Å²) in [5.41, 5.74) is 0.252. The Balaban J connectivity index is 2.12. The average Bonchev–Trinajstić information content (AvgIpc) is 2.38. The largest absolute Gasteiger partial charge is 0.444 e. The molecule has 0 aliphatic carbocycles. The molecule has 0 aromatic heterocycles. The number of halogens is 2. The number of carbonyl (C=O) groups is 1. The van der Waals surface area contributed by atoms with E-state index in [1.54, 1.807) is 17.0 Å². The van der Waals surface area contributed by atoms with Crippen LogP contribution in [0.3, 0.4) is 0 Å². The lowest BCUT2D eigenvalue weighted by atomic mass is 10.1. The van der Waals surface area contributed by atoms with E-state index in [1.165, 1.54) is 6.07 Å². The first kappa shape index (κ1) is 17.9. The van der Waals surface area contributed by atoms with Crippen LogP contribution < -0.4 is 4.90 Å². The Bertz CT molecular complexity index is 576. The third-order valence-electron chi connectivity index (χ3n) is 3.79. The van der Waals surface area contributed by atoms with E-state index in [0.717, 1.165) is 5.69 Å². The Morgan fingerprint density at radius 3 is 2.30 bits per heavy atom. The molecule has 2 atom stereocenters. The van der Waals surface area contributed by atoms with Gasteiger partial charge in [0, 0.05) is 18.8 Å². The number of piperazine rings is 1. The summed E-state index contributed by atoms with van der Waals surface area (Å²) in [6.45, 7) is 10.7. The number of hydrogen-bond acceptors (Lipinski definition) is 3. The van der Waals surface area contributed by atoms with E-state index in [4.69, 9.17) is 16.3 Å². The zero-order valence-electron chi connectivity index (χ0n) is 14.3. The molecule has 1 aromatic carbocycles. The van der Waals surface area contributed by atoms with Crippen LogP contribution in [0.25, 0.3) is 0 Å². The van der Waals surface area contributed by atoms with Crippen LogP contribution in [0, 0.1) is 5.82 Å². The summed E-state index contributed by atoms with van der Waals surface area (Å²) in [7, 11) is 0. The quantitative estimate of drug-likeness (QED) is 0.762. The maximum absolute atomic E-state index is 13.7. The van der Waals surface area contributed by atoms with Gasteiger partial charge in [-0.05, 0) is 52.8 Å². The molecule has 0 saturated carbocycles. The maximum atomic E-state index is 13.7. The van der Waals surface area contributed by atoms with Gasteiger partial charge < -0.3 is 9.64 Å². The molecule has 1 aliphatic heterocycles. The number of nitrogens with zero attached hydrogens (tertiary/aromatic N) is 2. The molecule has 0 spiro atoms. The lowest BCUT2D eigenvalue weighted by Gasteiger charge is -2.45. The van der Waals surface area contributed by atoms with Gasteiger partial charge in [-0.3, -0.25) is 4.90 Å². The Morgan fingerprint density at radius 2 is 1.83 bits per heavy atom. The molecule has 128 valence electrons. The molecule has 0 N–H and O–H groups in total. The first-order valence-corrected chi connectivity index (χ1v) is 8.17. The molecule has 1 aliphatic rings. The second-order valence-electron chi connectivity index (χ2n) is 7.09. The third kappa shape index (κ3) is 4.28. The number of hydrogen-bond donors (Lipinski definition) is 0. The Kier molecular flexibility index (Phi) is 5.09. The van der Waals surface area contributed by atoms with Gasteiger partial charge in [0.1, 0.15) is 11.4 Å². The summed E-state index contributed by atoms with van der Waals surface area (Å²) in [5, 5.41) is 0.113. The predicted molar refractivity (Wildman–Crippen MR) is 90.6 cm³/mol. The van der Waals surface area contributed by atoms with Gasteiger partial charge in [0.25, 0.3) is 0 Å². The molecule has 0 radical (unpaired) electrons. The fraction of sp³-hybridized carbons (Fsp3) is 0.588. The minimum absolute atomic E-state index is 0.0349. The normalized spacial score (nSPS) is 22.2. The van der Waals surface area contributed by atoms with E-state index < -0.39 is 11.4 Å². The van der Waals surface area contributed by atoms with Crippen molar-refractivity contribution in [2.75, 3.05) is 18.0 Å². The second-order valence-corrected chi connectivity index (χ2v) is 7.50. The summed E-state index contributed by atoms with van der Waals surface area (Å²) in [5.74, 6) is -0.431. The zero-order valence-corrected chi connectivity index (χ0v) is 15.0. The maximum Gasteiger partial charge on any atom is 0.410 e. The fourth-order valence-corrected chi connectivity index (χ4v) is 3.01. The molecule has 1 aromatic rings. The molecular formula is C17H24ClFN2O2. The SMILES string of the molecule is C[C@@H]1CN(c2ccc(Cl)c(F)c2)C[C@@H](C)N1C(=O)OC(C)(C)C. The summed E-state index contributed by atoms with van der Waals surface area (Å²) in [4.78, 5) is 16.2. The van der Waals surface area contributed by atoms with Gasteiger partial charge in [-0.1, -0.05) is 11.6 Å². The van der Waals surface area contributed by atoms with Gasteiger partial charge in [0.2, 0.25) is 0 Å². The van der Waals surface area contributed by atoms with Crippen molar-refractivity contribution >= 4 is 23.4 Å². The van der Waals surface area contributed by atoms with Crippen LogP contribution in [0.4, 0.5) is 14.9 Å². The van der Waals surface area contributed by atoms with Crippen LogP contribution in [0.5, 0.6) is 0 Å². The first-order chi connectivity index (χ1) is 10.6. The highest BCUT2D eigenvalue weighted by Crippen LogP contribution is 2.27. The van der Waals surface area contributed by atoms with Crippen molar-refractivity contribution in [3.05, 3.63) is 29.0 Å². The Labute approximate surface area is 142 Å². The molecule has 1 fully saturated rings. The topological polar surface area (TPSA) is 32.8 Å². The standard InChI is InChI=1S/C17H24ClFN2O2/c1-11-9-20(13-6-7-14(18)15(19)8-13)10-12(2)21(11)16(22)23-17(3,4)5/h6-8,11-12H,9-10H2,1-5H3/t11-,12-/m1/s1. The Hall–Kier alpha value is -1.49. The van der Waals surface area contributed by atoms with Crippen molar-refractivity contribution in [2.24, 2.45) is 0 Å². The molecule has 0 unspecified atom stereocenters. The van der Waals surface area contributed by atoms with Crippen molar-refractivity contribution in [1.82, 2.24) is 4.90 Å². The van der Waals surface area contributed by atoms with Crippen LogP contribution >= 0.6 is 11.6 Å². The van der Waals surface area contributed by atoms with Crippen LogP contribution in [0.1, 0.15) is 34.6 Å². The number of amides is 1.